The van der Waals surface area contributed by atoms with Crippen LogP contribution in [0, 0.1) is 0 Å². The van der Waals surface area contributed by atoms with Gasteiger partial charge in [0.1, 0.15) is 0 Å². The van der Waals surface area contributed by atoms with E-state index in [4.69, 9.17) is 4.42 Å². The van der Waals surface area contributed by atoms with Crippen molar-refractivity contribution in [1.82, 2.24) is 10.2 Å². The Morgan fingerprint density at radius 2 is 2.25 bits per heavy atom. The zero-order chi connectivity index (χ0) is 11.5. The minimum Gasteiger partial charge on any atom is -0.462 e. The third-order valence-corrected chi connectivity index (χ3v) is 2.35. The molecule has 1 aromatic carbocycles. The second kappa shape index (κ2) is 4.44. The normalized spacial score (nSPS) is 10.1. The van der Waals surface area contributed by atoms with Gasteiger partial charge >= 0.3 is 11.9 Å². The first-order valence-corrected chi connectivity index (χ1v) is 5.18. The van der Waals surface area contributed by atoms with Crippen LogP contribution in [0.2, 0.25) is 0 Å². The minimum absolute atomic E-state index is 0.155. The van der Waals surface area contributed by atoms with Crippen LogP contribution in [-0.4, -0.2) is 23.3 Å². The lowest BCUT2D eigenvalue weighted by Crippen LogP contribution is -2.00. The molecule has 0 fully saturated rings. The summed E-state index contributed by atoms with van der Waals surface area (Å²) in [5.74, 6) is -0.520. The third kappa shape index (κ3) is 2.11. The smallest absolute Gasteiger partial charge is 0.396 e. The van der Waals surface area contributed by atoms with E-state index in [1.807, 2.05) is 18.2 Å². The van der Waals surface area contributed by atoms with Crippen LogP contribution in [0.1, 0.15) is 10.7 Å². The van der Waals surface area contributed by atoms with E-state index in [0.717, 1.165) is 10.0 Å². The molecule has 0 aliphatic rings. The molecule has 1 aromatic heterocycles. The average molecular weight is 283 g/mol. The van der Waals surface area contributed by atoms with Crippen LogP contribution < -0.4 is 0 Å². The van der Waals surface area contributed by atoms with Crippen molar-refractivity contribution in [3.63, 3.8) is 0 Å². The lowest BCUT2D eigenvalue weighted by molar-refractivity contribution is 0.0556. The van der Waals surface area contributed by atoms with Gasteiger partial charge in [-0.3, -0.25) is 0 Å². The second-order valence-electron chi connectivity index (χ2n) is 2.91. The topological polar surface area (TPSA) is 65.2 Å². The van der Waals surface area contributed by atoms with Gasteiger partial charge in [0.05, 0.1) is 7.11 Å². The molecule has 0 N–H and O–H groups in total. The summed E-state index contributed by atoms with van der Waals surface area (Å²) in [6, 6.07) is 7.33. The molecule has 2 aromatic rings. The number of benzene rings is 1. The highest BCUT2D eigenvalue weighted by atomic mass is 79.9. The van der Waals surface area contributed by atoms with Gasteiger partial charge in [0.15, 0.2) is 0 Å². The van der Waals surface area contributed by atoms with Gasteiger partial charge in [-0.25, -0.2) is 4.79 Å². The molecule has 0 saturated carbocycles. The number of esters is 1. The molecule has 0 bridgehead atoms. The summed E-state index contributed by atoms with van der Waals surface area (Å²) in [5.41, 5.74) is 0.733. The number of methoxy groups -OCH3 is 1. The first-order valence-electron chi connectivity index (χ1n) is 4.38. The molecule has 0 unspecified atom stereocenters. The number of nitrogens with zero attached hydrogens (tertiary/aromatic N) is 2. The van der Waals surface area contributed by atoms with Crippen LogP contribution in [0.3, 0.4) is 0 Å². The van der Waals surface area contributed by atoms with E-state index in [0.29, 0.717) is 0 Å². The predicted octanol–water partition coefficient (Wildman–Crippen LogP) is 2.29. The van der Waals surface area contributed by atoms with Crippen molar-refractivity contribution in [2.45, 2.75) is 0 Å². The molecule has 6 heteroatoms. The molecule has 0 amide bonds. The largest absolute Gasteiger partial charge is 0.462 e. The zero-order valence-corrected chi connectivity index (χ0v) is 9.89. The molecule has 0 aliphatic heterocycles. The van der Waals surface area contributed by atoms with Gasteiger partial charge in [0.25, 0.3) is 0 Å². The summed E-state index contributed by atoms with van der Waals surface area (Å²) in [6.45, 7) is 0. The molecule has 0 spiro atoms. The number of carbonyl (C=O) groups is 1. The molecular weight excluding hydrogens is 276 g/mol. The van der Waals surface area contributed by atoms with E-state index in [-0.39, 0.29) is 11.8 Å². The lowest BCUT2D eigenvalue weighted by Gasteiger charge is -1.94. The van der Waals surface area contributed by atoms with Gasteiger partial charge in [0, 0.05) is 10.0 Å². The number of rotatable bonds is 2. The van der Waals surface area contributed by atoms with Crippen molar-refractivity contribution in [1.29, 1.82) is 0 Å². The van der Waals surface area contributed by atoms with Gasteiger partial charge in [-0.1, -0.05) is 22.0 Å². The van der Waals surface area contributed by atoms with Crippen molar-refractivity contribution >= 4 is 21.9 Å². The summed E-state index contributed by atoms with van der Waals surface area (Å²) in [4.78, 5) is 11.1. The molecule has 16 heavy (non-hydrogen) atoms. The van der Waals surface area contributed by atoms with E-state index in [9.17, 15) is 4.79 Å². The molecule has 2 rings (SSSR count). The fourth-order valence-electron chi connectivity index (χ4n) is 1.13. The SMILES string of the molecule is COC(=O)c1nnc(-c2cccc(Br)c2)o1. The molecule has 0 saturated heterocycles. The van der Waals surface area contributed by atoms with Crippen molar-refractivity contribution < 1.29 is 13.9 Å². The molecular formula is C10H7BrN2O3. The Morgan fingerprint density at radius 1 is 1.44 bits per heavy atom. The Labute approximate surface area is 99.6 Å². The highest BCUT2D eigenvalue weighted by Gasteiger charge is 2.15. The van der Waals surface area contributed by atoms with E-state index in [1.54, 1.807) is 6.07 Å². The monoisotopic (exact) mass is 282 g/mol. The van der Waals surface area contributed by atoms with Gasteiger partial charge < -0.3 is 9.15 Å². The van der Waals surface area contributed by atoms with Crippen LogP contribution >= 0.6 is 15.9 Å². The van der Waals surface area contributed by atoms with E-state index in [1.165, 1.54) is 7.11 Å². The predicted molar refractivity (Wildman–Crippen MR) is 58.8 cm³/mol. The number of hydrogen-bond donors (Lipinski definition) is 0. The second-order valence-corrected chi connectivity index (χ2v) is 3.83. The minimum atomic E-state index is -0.645. The molecule has 0 aliphatic carbocycles. The summed E-state index contributed by atoms with van der Waals surface area (Å²) in [6.07, 6.45) is 0. The highest BCUT2D eigenvalue weighted by molar-refractivity contribution is 9.10. The molecule has 0 atom stereocenters. The quantitative estimate of drug-likeness (QED) is 0.791. The maximum Gasteiger partial charge on any atom is 0.396 e. The Morgan fingerprint density at radius 3 is 2.94 bits per heavy atom. The molecule has 1 heterocycles. The Kier molecular flexibility index (Phi) is 3.00. The van der Waals surface area contributed by atoms with Crippen LogP contribution in [0.5, 0.6) is 0 Å². The molecule has 82 valence electrons. The maximum atomic E-state index is 11.1. The van der Waals surface area contributed by atoms with Crippen LogP contribution in [-0.2, 0) is 4.74 Å². The highest BCUT2D eigenvalue weighted by Crippen LogP contribution is 2.21. The average Bonchev–Trinajstić information content (AvgIpc) is 2.77. The standard InChI is InChI=1S/C10H7BrN2O3/c1-15-10(14)9-13-12-8(16-9)6-3-2-4-7(11)5-6/h2-5H,1H3. The van der Waals surface area contributed by atoms with Crippen molar-refractivity contribution in [2.75, 3.05) is 7.11 Å². The van der Waals surface area contributed by atoms with Crippen LogP contribution in [0.25, 0.3) is 11.5 Å². The number of ether oxygens (including phenoxy) is 1. The molecule has 0 radical (unpaired) electrons. The van der Waals surface area contributed by atoms with Crippen molar-refractivity contribution in [3.8, 4) is 11.5 Å². The zero-order valence-electron chi connectivity index (χ0n) is 8.31. The van der Waals surface area contributed by atoms with Crippen LogP contribution in [0.4, 0.5) is 0 Å². The summed E-state index contributed by atoms with van der Waals surface area (Å²) >= 11 is 3.33. The first kappa shape index (κ1) is 10.8. The van der Waals surface area contributed by atoms with Crippen molar-refractivity contribution in [2.24, 2.45) is 0 Å². The lowest BCUT2D eigenvalue weighted by atomic mass is 10.2. The Balaban J connectivity index is 2.35. The number of aromatic nitrogens is 2. The van der Waals surface area contributed by atoms with E-state index >= 15 is 0 Å². The van der Waals surface area contributed by atoms with Gasteiger partial charge in [0.2, 0.25) is 5.89 Å². The fourth-order valence-corrected chi connectivity index (χ4v) is 1.53. The van der Waals surface area contributed by atoms with Gasteiger partial charge in [-0.15, -0.1) is 10.2 Å². The summed E-state index contributed by atoms with van der Waals surface area (Å²) < 4.78 is 10.5. The number of carbonyl (C=O) groups excluding carboxylic acids is 1. The van der Waals surface area contributed by atoms with Gasteiger partial charge in [-0.05, 0) is 18.2 Å². The molecule has 5 nitrogen and oxygen atoms in total. The van der Waals surface area contributed by atoms with E-state index in [2.05, 4.69) is 30.9 Å². The van der Waals surface area contributed by atoms with E-state index < -0.39 is 5.97 Å². The van der Waals surface area contributed by atoms with Crippen molar-refractivity contribution in [3.05, 3.63) is 34.6 Å². The third-order valence-electron chi connectivity index (χ3n) is 1.86. The number of halogens is 1. The number of hydrogen-bond acceptors (Lipinski definition) is 5. The fraction of sp³-hybridized carbons (Fsp3) is 0.100. The summed E-state index contributed by atoms with van der Waals surface area (Å²) in [5, 5.41) is 7.34. The summed E-state index contributed by atoms with van der Waals surface area (Å²) in [7, 11) is 1.26. The Hall–Kier alpha value is -1.69. The Bertz CT molecular complexity index is 524. The first-order chi connectivity index (χ1) is 7.70. The maximum absolute atomic E-state index is 11.1. The van der Waals surface area contributed by atoms with Gasteiger partial charge in [-0.2, -0.15) is 0 Å². The van der Waals surface area contributed by atoms with Crippen LogP contribution in [0.15, 0.2) is 33.2 Å².